The molecule has 1 spiro atoms. The number of hydrogen-bond donors (Lipinski definition) is 1. The van der Waals surface area contributed by atoms with Crippen LogP contribution in [-0.4, -0.2) is 63.2 Å². The number of ether oxygens (including phenoxy) is 1. The van der Waals surface area contributed by atoms with E-state index in [0.717, 1.165) is 6.54 Å². The number of hydrogen-bond acceptors (Lipinski definition) is 6. The molecular formula is C22H23N3O6. The van der Waals surface area contributed by atoms with Crippen LogP contribution in [0.1, 0.15) is 28.8 Å². The van der Waals surface area contributed by atoms with Crippen molar-refractivity contribution in [2.75, 3.05) is 19.7 Å². The third-order valence-electron chi connectivity index (χ3n) is 5.98. The summed E-state index contributed by atoms with van der Waals surface area (Å²) in [4.78, 5) is 39.1. The number of carboxylic acids is 1. The number of nitrogens with zero attached hydrogens (tertiary/aromatic N) is 3. The standard InChI is InChI=1S/C22H23N3O6/c26-20(17-6-8-18(9-7-17)25(29)30)24-19(21(27)28)15-31-22(24)10-12-23(13-11-22)14-16-4-2-1-3-5-16/h1-9,19H,10-15H2,(H,27,28)/t19-/m1/s1. The summed E-state index contributed by atoms with van der Waals surface area (Å²) in [7, 11) is 0. The molecule has 2 aromatic carbocycles. The number of likely N-dealkylation sites (tertiary alicyclic amines) is 1. The molecule has 0 saturated carbocycles. The van der Waals surface area contributed by atoms with Gasteiger partial charge in [-0.1, -0.05) is 30.3 Å². The normalized spacial score (nSPS) is 20.6. The zero-order valence-corrected chi connectivity index (χ0v) is 16.8. The Balaban J connectivity index is 1.53. The van der Waals surface area contributed by atoms with E-state index < -0.39 is 28.6 Å². The Hall–Kier alpha value is -3.30. The fourth-order valence-electron chi connectivity index (χ4n) is 4.32. The number of non-ortho nitro benzene ring substituents is 1. The van der Waals surface area contributed by atoms with E-state index in [1.54, 1.807) is 0 Å². The topological polar surface area (TPSA) is 113 Å². The van der Waals surface area contributed by atoms with Gasteiger partial charge in [0.15, 0.2) is 6.04 Å². The number of carboxylic acid groups (broad SMARTS) is 1. The average molecular weight is 425 g/mol. The number of carbonyl (C=O) groups is 2. The number of nitro benzene ring substituents is 1. The lowest BCUT2D eigenvalue weighted by molar-refractivity contribution is -0.384. The molecule has 0 unspecified atom stereocenters. The highest BCUT2D eigenvalue weighted by Crippen LogP contribution is 2.38. The third kappa shape index (κ3) is 4.14. The minimum absolute atomic E-state index is 0.0766. The summed E-state index contributed by atoms with van der Waals surface area (Å²) in [5.41, 5.74) is 0.268. The van der Waals surface area contributed by atoms with E-state index in [1.165, 1.54) is 34.7 Å². The molecule has 9 nitrogen and oxygen atoms in total. The zero-order chi connectivity index (χ0) is 22.0. The molecule has 1 atom stereocenters. The van der Waals surface area contributed by atoms with Crippen LogP contribution in [0.15, 0.2) is 54.6 Å². The minimum atomic E-state index is -1.13. The molecule has 0 radical (unpaired) electrons. The van der Waals surface area contributed by atoms with Crippen LogP contribution in [0.25, 0.3) is 0 Å². The van der Waals surface area contributed by atoms with Gasteiger partial charge in [-0.25, -0.2) is 4.79 Å². The first-order valence-electron chi connectivity index (χ1n) is 10.1. The Bertz CT molecular complexity index is 971. The van der Waals surface area contributed by atoms with E-state index in [-0.39, 0.29) is 17.9 Å². The number of piperidine rings is 1. The van der Waals surface area contributed by atoms with Crippen LogP contribution >= 0.6 is 0 Å². The number of benzene rings is 2. The molecule has 0 aromatic heterocycles. The van der Waals surface area contributed by atoms with Gasteiger partial charge in [-0.15, -0.1) is 0 Å². The van der Waals surface area contributed by atoms with Gasteiger partial charge in [0.2, 0.25) is 0 Å². The molecule has 2 aromatic rings. The minimum Gasteiger partial charge on any atom is -0.480 e. The van der Waals surface area contributed by atoms with E-state index in [0.29, 0.717) is 25.9 Å². The van der Waals surface area contributed by atoms with Gasteiger partial charge in [0.25, 0.3) is 11.6 Å². The lowest BCUT2D eigenvalue weighted by Crippen LogP contribution is -2.58. The van der Waals surface area contributed by atoms with Crippen molar-refractivity contribution in [1.82, 2.24) is 9.80 Å². The summed E-state index contributed by atoms with van der Waals surface area (Å²) in [6.45, 7) is 2.01. The molecule has 0 aliphatic carbocycles. The van der Waals surface area contributed by atoms with Crippen LogP contribution in [0.2, 0.25) is 0 Å². The molecule has 1 amide bonds. The van der Waals surface area contributed by atoms with Crippen molar-refractivity contribution in [3.8, 4) is 0 Å². The number of nitro groups is 1. The first kappa shape index (κ1) is 21.0. The molecule has 2 aliphatic rings. The Kier molecular flexibility index (Phi) is 5.71. The molecule has 1 N–H and O–H groups in total. The molecule has 31 heavy (non-hydrogen) atoms. The molecule has 2 aliphatic heterocycles. The van der Waals surface area contributed by atoms with E-state index >= 15 is 0 Å². The second-order valence-corrected chi connectivity index (χ2v) is 7.85. The number of rotatable bonds is 5. The Morgan fingerprint density at radius 2 is 1.74 bits per heavy atom. The van der Waals surface area contributed by atoms with Crippen molar-refractivity contribution < 1.29 is 24.4 Å². The Labute approximate surface area is 179 Å². The van der Waals surface area contributed by atoms with Gasteiger partial charge in [-0.2, -0.15) is 0 Å². The SMILES string of the molecule is O=C(O)[C@H]1COC2(CCN(Cc3ccccc3)CC2)N1C(=O)c1ccc([N+](=O)[O-])cc1. The maximum Gasteiger partial charge on any atom is 0.328 e. The predicted molar refractivity (Wildman–Crippen MR) is 110 cm³/mol. The average Bonchev–Trinajstić information content (AvgIpc) is 3.15. The maximum atomic E-state index is 13.3. The summed E-state index contributed by atoms with van der Waals surface area (Å²) in [5.74, 6) is -1.62. The van der Waals surface area contributed by atoms with Gasteiger partial charge in [0, 0.05) is 50.2 Å². The van der Waals surface area contributed by atoms with Gasteiger partial charge in [-0.05, 0) is 17.7 Å². The zero-order valence-electron chi connectivity index (χ0n) is 16.8. The van der Waals surface area contributed by atoms with Crippen LogP contribution in [-0.2, 0) is 16.1 Å². The Morgan fingerprint density at radius 3 is 2.32 bits per heavy atom. The number of aliphatic carboxylic acids is 1. The fourth-order valence-corrected chi connectivity index (χ4v) is 4.32. The third-order valence-corrected chi connectivity index (χ3v) is 5.98. The summed E-state index contributed by atoms with van der Waals surface area (Å²) in [5, 5.41) is 20.6. The first-order valence-corrected chi connectivity index (χ1v) is 10.1. The monoisotopic (exact) mass is 425 g/mol. The molecule has 4 rings (SSSR count). The van der Waals surface area contributed by atoms with Gasteiger partial charge >= 0.3 is 5.97 Å². The second-order valence-electron chi connectivity index (χ2n) is 7.85. The van der Waals surface area contributed by atoms with Crippen molar-refractivity contribution in [3.05, 3.63) is 75.8 Å². The lowest BCUT2D eigenvalue weighted by Gasteiger charge is -2.44. The molecule has 9 heteroatoms. The smallest absolute Gasteiger partial charge is 0.328 e. The predicted octanol–water partition coefficient (Wildman–Crippen LogP) is 2.51. The lowest BCUT2D eigenvalue weighted by atomic mass is 9.96. The molecule has 2 fully saturated rings. The van der Waals surface area contributed by atoms with E-state index in [9.17, 15) is 24.8 Å². The van der Waals surface area contributed by atoms with E-state index in [1.807, 2.05) is 18.2 Å². The van der Waals surface area contributed by atoms with Crippen LogP contribution in [0, 0.1) is 10.1 Å². The van der Waals surface area contributed by atoms with Crippen LogP contribution < -0.4 is 0 Å². The van der Waals surface area contributed by atoms with E-state index in [4.69, 9.17) is 4.74 Å². The highest BCUT2D eigenvalue weighted by Gasteiger charge is 2.54. The van der Waals surface area contributed by atoms with Gasteiger partial charge in [-0.3, -0.25) is 24.7 Å². The summed E-state index contributed by atoms with van der Waals surface area (Å²) in [6, 6.07) is 14.2. The summed E-state index contributed by atoms with van der Waals surface area (Å²) >= 11 is 0. The van der Waals surface area contributed by atoms with Crippen LogP contribution in [0.5, 0.6) is 0 Å². The molecular weight excluding hydrogens is 402 g/mol. The Morgan fingerprint density at radius 1 is 1.10 bits per heavy atom. The van der Waals surface area contributed by atoms with Crippen LogP contribution in [0.3, 0.4) is 0 Å². The quantitative estimate of drug-likeness (QED) is 0.578. The van der Waals surface area contributed by atoms with Gasteiger partial charge in [0.05, 0.1) is 11.5 Å². The van der Waals surface area contributed by atoms with Crippen molar-refractivity contribution in [1.29, 1.82) is 0 Å². The fraction of sp³-hybridized carbons (Fsp3) is 0.364. The van der Waals surface area contributed by atoms with Gasteiger partial charge < -0.3 is 9.84 Å². The number of amides is 1. The van der Waals surface area contributed by atoms with Crippen molar-refractivity contribution in [2.45, 2.75) is 31.2 Å². The largest absolute Gasteiger partial charge is 0.480 e. The number of carbonyl (C=O) groups excluding carboxylic acids is 1. The van der Waals surface area contributed by atoms with Gasteiger partial charge in [0.1, 0.15) is 5.72 Å². The molecule has 2 saturated heterocycles. The first-order chi connectivity index (χ1) is 14.9. The summed E-state index contributed by atoms with van der Waals surface area (Å²) in [6.07, 6.45) is 0.977. The highest BCUT2D eigenvalue weighted by atomic mass is 16.6. The second kappa shape index (κ2) is 8.44. The summed E-state index contributed by atoms with van der Waals surface area (Å²) < 4.78 is 5.96. The maximum absolute atomic E-state index is 13.3. The molecule has 2 heterocycles. The van der Waals surface area contributed by atoms with E-state index in [2.05, 4.69) is 17.0 Å². The molecule has 0 bridgehead atoms. The van der Waals surface area contributed by atoms with Crippen LogP contribution in [0.4, 0.5) is 5.69 Å². The molecule has 162 valence electrons. The van der Waals surface area contributed by atoms with Crippen molar-refractivity contribution >= 4 is 17.6 Å². The highest BCUT2D eigenvalue weighted by molar-refractivity contribution is 5.97. The van der Waals surface area contributed by atoms with Crippen molar-refractivity contribution in [3.63, 3.8) is 0 Å². The van der Waals surface area contributed by atoms with Crippen molar-refractivity contribution in [2.24, 2.45) is 0 Å².